The van der Waals surface area contributed by atoms with Crippen LogP contribution < -0.4 is 25.0 Å². The van der Waals surface area contributed by atoms with Crippen LogP contribution in [0.1, 0.15) is 37.4 Å². The Balaban J connectivity index is 1.50. The third-order valence-electron chi connectivity index (χ3n) is 5.69. The third kappa shape index (κ3) is 6.54. The van der Waals surface area contributed by atoms with E-state index in [0.29, 0.717) is 6.04 Å². The number of H-pyrrole nitrogens is 1. The van der Waals surface area contributed by atoms with Gasteiger partial charge in [-0.15, -0.1) is 0 Å². The lowest BCUT2D eigenvalue weighted by atomic mass is 10.0. The predicted molar refractivity (Wildman–Crippen MR) is 126 cm³/mol. The first-order chi connectivity index (χ1) is 15.1. The average molecular weight is 429 g/mol. The normalized spacial score (nSPS) is 15.1. The molecule has 2 heterocycles. The first-order valence-corrected chi connectivity index (χ1v) is 11.1. The summed E-state index contributed by atoms with van der Waals surface area (Å²) in [6.45, 7) is 7.77. The van der Waals surface area contributed by atoms with Crippen molar-refractivity contribution >= 4 is 11.6 Å². The van der Waals surface area contributed by atoms with Crippen LogP contribution in [0.3, 0.4) is 0 Å². The van der Waals surface area contributed by atoms with Gasteiger partial charge in [-0.1, -0.05) is 0 Å². The van der Waals surface area contributed by atoms with Crippen LogP contribution in [0, 0.1) is 6.92 Å². The minimum Gasteiger partial charge on any atom is -0.497 e. The van der Waals surface area contributed by atoms with Crippen molar-refractivity contribution < 1.29 is 9.47 Å². The van der Waals surface area contributed by atoms with Crippen LogP contribution in [0.25, 0.3) is 0 Å². The van der Waals surface area contributed by atoms with Crippen molar-refractivity contribution in [3.05, 3.63) is 35.7 Å². The molecule has 1 aliphatic rings. The zero-order valence-electron chi connectivity index (χ0n) is 19.2. The quantitative estimate of drug-likeness (QED) is 0.323. The molecule has 0 bridgehead atoms. The second-order valence-corrected chi connectivity index (χ2v) is 7.86. The second-order valence-electron chi connectivity index (χ2n) is 7.86. The van der Waals surface area contributed by atoms with E-state index in [-0.39, 0.29) is 0 Å². The maximum atomic E-state index is 5.42. The molecule has 8 nitrogen and oxygen atoms in total. The molecule has 1 aromatic carbocycles. The van der Waals surface area contributed by atoms with Gasteiger partial charge in [-0.2, -0.15) is 5.10 Å². The number of rotatable bonds is 9. The largest absolute Gasteiger partial charge is 0.497 e. The number of piperidine rings is 1. The first-order valence-electron chi connectivity index (χ1n) is 11.1. The predicted octanol–water partition coefficient (Wildman–Crippen LogP) is 2.89. The van der Waals surface area contributed by atoms with Gasteiger partial charge in [-0.3, -0.25) is 10.1 Å². The zero-order chi connectivity index (χ0) is 22.1. The molecule has 0 aliphatic carbocycles. The molecule has 8 heteroatoms. The van der Waals surface area contributed by atoms with Crippen molar-refractivity contribution in [2.45, 2.75) is 45.6 Å². The minimum atomic E-state index is 0.415. The number of hydrogen-bond acceptors (Lipinski definition) is 5. The Bertz CT molecular complexity index is 820. The monoisotopic (exact) mass is 428 g/mol. The molecular weight excluding hydrogens is 392 g/mol. The molecule has 0 saturated carbocycles. The molecule has 170 valence electrons. The number of guanidine groups is 1. The van der Waals surface area contributed by atoms with Crippen LogP contribution in [0.15, 0.2) is 29.4 Å². The lowest BCUT2D eigenvalue weighted by molar-refractivity contribution is 0.393. The van der Waals surface area contributed by atoms with E-state index in [1.54, 1.807) is 14.2 Å². The SMILES string of the molecule is CCNC(=NCCCc1cn[nH]c1C)NC1CCN(c2cc(OC)cc(OC)c2)CC1. The van der Waals surface area contributed by atoms with Crippen LogP contribution >= 0.6 is 0 Å². The Hall–Kier alpha value is -2.90. The maximum absolute atomic E-state index is 5.42. The van der Waals surface area contributed by atoms with Crippen molar-refractivity contribution in [3.8, 4) is 11.5 Å². The van der Waals surface area contributed by atoms with Crippen molar-refractivity contribution in [1.29, 1.82) is 0 Å². The third-order valence-corrected chi connectivity index (χ3v) is 5.69. The Morgan fingerprint density at radius 1 is 1.19 bits per heavy atom. The minimum absolute atomic E-state index is 0.415. The van der Waals surface area contributed by atoms with Gasteiger partial charge in [-0.05, 0) is 45.1 Å². The zero-order valence-corrected chi connectivity index (χ0v) is 19.2. The van der Waals surface area contributed by atoms with E-state index in [1.165, 1.54) is 5.56 Å². The maximum Gasteiger partial charge on any atom is 0.191 e. The molecule has 0 amide bonds. The standard InChI is InChI=1S/C23H36N6O2/c1-5-24-23(25-10-6-7-18-16-26-28-17(18)2)27-19-8-11-29(12-9-19)20-13-21(30-3)15-22(14-20)31-4/h13-16,19H,5-12H2,1-4H3,(H,26,28)(H2,24,25,27). The summed E-state index contributed by atoms with van der Waals surface area (Å²) in [6, 6.07) is 6.47. The number of benzene rings is 1. The molecule has 3 rings (SSSR count). The molecule has 3 N–H and O–H groups in total. The smallest absolute Gasteiger partial charge is 0.191 e. The summed E-state index contributed by atoms with van der Waals surface area (Å²) in [5.74, 6) is 2.55. The molecular formula is C23H36N6O2. The number of aromatic amines is 1. The van der Waals surface area contributed by atoms with Crippen molar-refractivity contribution in [2.75, 3.05) is 45.3 Å². The molecule has 1 aliphatic heterocycles. The van der Waals surface area contributed by atoms with Crippen molar-refractivity contribution in [1.82, 2.24) is 20.8 Å². The fourth-order valence-corrected chi connectivity index (χ4v) is 3.86. The molecule has 2 aromatic rings. The highest BCUT2D eigenvalue weighted by Crippen LogP contribution is 2.30. The van der Waals surface area contributed by atoms with E-state index in [2.05, 4.69) is 51.7 Å². The number of hydrogen-bond donors (Lipinski definition) is 3. The summed E-state index contributed by atoms with van der Waals surface area (Å²) in [5, 5.41) is 14.1. The highest BCUT2D eigenvalue weighted by atomic mass is 16.5. The summed E-state index contributed by atoms with van der Waals surface area (Å²) in [6.07, 6.45) is 6.02. The van der Waals surface area contributed by atoms with E-state index in [4.69, 9.17) is 14.5 Å². The van der Waals surface area contributed by atoms with E-state index < -0.39 is 0 Å². The number of aryl methyl sites for hydroxylation is 2. The number of ether oxygens (including phenoxy) is 2. The summed E-state index contributed by atoms with van der Waals surface area (Å²) in [4.78, 5) is 7.17. The Morgan fingerprint density at radius 2 is 1.90 bits per heavy atom. The van der Waals surface area contributed by atoms with Crippen LogP contribution in [0.4, 0.5) is 5.69 Å². The molecule has 1 aromatic heterocycles. The molecule has 31 heavy (non-hydrogen) atoms. The van der Waals surface area contributed by atoms with Gasteiger partial charge in [0.2, 0.25) is 0 Å². The molecule has 1 fully saturated rings. The second kappa shape index (κ2) is 11.5. The summed E-state index contributed by atoms with van der Waals surface area (Å²) >= 11 is 0. The van der Waals surface area contributed by atoms with E-state index in [1.807, 2.05) is 12.3 Å². The van der Waals surface area contributed by atoms with Gasteiger partial charge in [0.05, 0.1) is 20.4 Å². The van der Waals surface area contributed by atoms with E-state index >= 15 is 0 Å². The van der Waals surface area contributed by atoms with Crippen molar-refractivity contribution in [2.24, 2.45) is 4.99 Å². The first kappa shape index (κ1) is 22.8. The Morgan fingerprint density at radius 3 is 2.48 bits per heavy atom. The Kier molecular flexibility index (Phi) is 8.44. The molecule has 1 saturated heterocycles. The summed E-state index contributed by atoms with van der Waals surface area (Å²) < 4.78 is 10.8. The number of nitrogens with one attached hydrogen (secondary N) is 3. The van der Waals surface area contributed by atoms with Gasteiger partial charge in [0.25, 0.3) is 0 Å². The molecule has 0 radical (unpaired) electrons. The van der Waals surface area contributed by atoms with Crippen LogP contribution in [0.2, 0.25) is 0 Å². The number of methoxy groups -OCH3 is 2. The lowest BCUT2D eigenvalue weighted by Crippen LogP contribution is -2.48. The van der Waals surface area contributed by atoms with Crippen LogP contribution in [0.5, 0.6) is 11.5 Å². The fourth-order valence-electron chi connectivity index (χ4n) is 3.86. The summed E-state index contributed by atoms with van der Waals surface area (Å²) in [5.41, 5.74) is 3.56. The highest BCUT2D eigenvalue weighted by Gasteiger charge is 2.21. The molecule has 0 unspecified atom stereocenters. The summed E-state index contributed by atoms with van der Waals surface area (Å²) in [7, 11) is 3.37. The van der Waals surface area contributed by atoms with E-state index in [9.17, 15) is 0 Å². The van der Waals surface area contributed by atoms with Gasteiger partial charge in [0, 0.05) is 61.8 Å². The van der Waals surface area contributed by atoms with Gasteiger partial charge in [-0.25, -0.2) is 0 Å². The topological polar surface area (TPSA) is 86.8 Å². The van der Waals surface area contributed by atoms with Crippen LogP contribution in [-0.2, 0) is 6.42 Å². The molecule has 0 atom stereocenters. The molecule has 0 spiro atoms. The van der Waals surface area contributed by atoms with Gasteiger partial charge in [0.15, 0.2) is 5.96 Å². The Labute approximate surface area is 185 Å². The number of aromatic nitrogens is 2. The van der Waals surface area contributed by atoms with Crippen LogP contribution in [-0.4, -0.2) is 62.6 Å². The lowest BCUT2D eigenvalue weighted by Gasteiger charge is -2.34. The number of nitrogens with zero attached hydrogens (tertiary/aromatic N) is 3. The average Bonchev–Trinajstić information content (AvgIpc) is 3.21. The number of anilines is 1. The van der Waals surface area contributed by atoms with Gasteiger partial charge >= 0.3 is 0 Å². The highest BCUT2D eigenvalue weighted by molar-refractivity contribution is 5.80. The fraction of sp³-hybridized carbons (Fsp3) is 0.565. The number of aliphatic imine (C=N–C) groups is 1. The van der Waals surface area contributed by atoms with E-state index in [0.717, 1.165) is 80.7 Å². The van der Waals surface area contributed by atoms with Crippen molar-refractivity contribution in [3.63, 3.8) is 0 Å². The van der Waals surface area contributed by atoms with Gasteiger partial charge < -0.3 is 25.0 Å². The van der Waals surface area contributed by atoms with Gasteiger partial charge in [0.1, 0.15) is 11.5 Å².